The lowest BCUT2D eigenvalue weighted by atomic mass is 10.1. The maximum absolute atomic E-state index is 11.4. The van der Waals surface area contributed by atoms with Gasteiger partial charge >= 0.3 is 5.97 Å². The van der Waals surface area contributed by atoms with Gasteiger partial charge in [-0.2, -0.15) is 0 Å². The fraction of sp³-hybridized carbons (Fsp3) is 0.357. The number of halogens is 1. The van der Waals surface area contributed by atoms with Gasteiger partial charge in [-0.15, -0.1) is 5.10 Å². The van der Waals surface area contributed by atoms with Crippen molar-refractivity contribution in [1.29, 1.82) is 0 Å². The molecular formula is C14H13BrN2O3S. The normalized spacial score (nSPS) is 15.7. The highest BCUT2D eigenvalue weighted by atomic mass is 79.9. The smallest absolute Gasteiger partial charge is 0.344 e. The Labute approximate surface area is 134 Å². The Hall–Kier alpha value is -1.47. The molecule has 0 bridgehead atoms. The summed E-state index contributed by atoms with van der Waals surface area (Å²) in [5.74, 6) is 0.0806. The van der Waals surface area contributed by atoms with Crippen LogP contribution in [0.2, 0.25) is 0 Å². The van der Waals surface area contributed by atoms with Crippen molar-refractivity contribution in [3.63, 3.8) is 0 Å². The van der Waals surface area contributed by atoms with Crippen molar-refractivity contribution in [3.8, 4) is 17.0 Å². The summed E-state index contributed by atoms with van der Waals surface area (Å²) in [6, 6.07) is 5.46. The largest absolute Gasteiger partial charge is 0.479 e. The van der Waals surface area contributed by atoms with Gasteiger partial charge in [0.25, 0.3) is 0 Å². The number of carboxylic acids is 1. The summed E-state index contributed by atoms with van der Waals surface area (Å²) in [6.45, 7) is 0. The van der Waals surface area contributed by atoms with Gasteiger partial charge in [-0.25, -0.2) is 4.79 Å². The molecule has 5 nitrogen and oxygen atoms in total. The lowest BCUT2D eigenvalue weighted by Crippen LogP contribution is -2.27. The van der Waals surface area contributed by atoms with E-state index in [4.69, 9.17) is 4.74 Å². The van der Waals surface area contributed by atoms with Crippen molar-refractivity contribution in [2.75, 3.05) is 0 Å². The van der Waals surface area contributed by atoms with E-state index in [1.165, 1.54) is 11.5 Å². The van der Waals surface area contributed by atoms with Crippen molar-refractivity contribution in [2.24, 2.45) is 5.92 Å². The fourth-order valence-electron chi connectivity index (χ4n) is 2.10. The lowest BCUT2D eigenvalue weighted by molar-refractivity contribution is -0.145. The summed E-state index contributed by atoms with van der Waals surface area (Å²) >= 11 is 4.66. The number of carbonyl (C=O) groups is 1. The second-order valence-corrected chi connectivity index (χ2v) is 6.58. The molecule has 7 heteroatoms. The first kappa shape index (κ1) is 14.5. The molecule has 1 N–H and O–H groups in total. The van der Waals surface area contributed by atoms with E-state index in [-0.39, 0.29) is 0 Å². The molecule has 1 atom stereocenters. The van der Waals surface area contributed by atoms with Gasteiger partial charge in [-0.05, 0) is 42.1 Å². The summed E-state index contributed by atoms with van der Waals surface area (Å²) in [7, 11) is 0. The fourth-order valence-corrected chi connectivity index (χ4v) is 2.91. The van der Waals surface area contributed by atoms with Crippen LogP contribution >= 0.6 is 27.5 Å². The predicted octanol–water partition coefficient (Wildman–Crippen LogP) is 3.60. The molecule has 1 fully saturated rings. The van der Waals surface area contributed by atoms with Gasteiger partial charge in [0, 0.05) is 15.4 Å². The van der Waals surface area contributed by atoms with E-state index in [1.807, 2.05) is 17.5 Å². The van der Waals surface area contributed by atoms with E-state index < -0.39 is 12.1 Å². The molecule has 110 valence electrons. The summed E-state index contributed by atoms with van der Waals surface area (Å²) in [5, 5.41) is 15.2. The molecule has 0 amide bonds. The molecule has 3 rings (SSSR count). The van der Waals surface area contributed by atoms with Crippen LogP contribution in [0.5, 0.6) is 5.75 Å². The Balaban J connectivity index is 1.88. The number of nitrogens with zero attached hydrogens (tertiary/aromatic N) is 2. The van der Waals surface area contributed by atoms with Crippen LogP contribution in [0.15, 0.2) is 28.1 Å². The number of hydrogen-bond acceptors (Lipinski definition) is 5. The Morgan fingerprint density at radius 2 is 2.33 bits per heavy atom. The minimum absolute atomic E-state index is 0.478. The third kappa shape index (κ3) is 3.59. The average molecular weight is 369 g/mol. The predicted molar refractivity (Wildman–Crippen MR) is 82.4 cm³/mol. The molecule has 1 aliphatic carbocycles. The first-order valence-electron chi connectivity index (χ1n) is 6.60. The van der Waals surface area contributed by atoms with E-state index in [1.54, 1.807) is 6.07 Å². The van der Waals surface area contributed by atoms with Crippen molar-refractivity contribution in [1.82, 2.24) is 9.59 Å². The van der Waals surface area contributed by atoms with Crippen LogP contribution in [0, 0.1) is 5.92 Å². The summed E-state index contributed by atoms with van der Waals surface area (Å²) in [5.41, 5.74) is 1.44. The van der Waals surface area contributed by atoms with E-state index in [2.05, 4.69) is 25.5 Å². The number of carboxylic acid groups (broad SMARTS) is 1. The molecule has 1 saturated carbocycles. The quantitative estimate of drug-likeness (QED) is 0.842. The SMILES string of the molecule is O=C(O)C(CC1CC1)Oc1ccc(Br)cc1-c1csnn1. The van der Waals surface area contributed by atoms with Gasteiger partial charge in [0.05, 0.1) is 0 Å². The molecule has 0 spiro atoms. The number of aliphatic carboxylic acids is 1. The zero-order valence-corrected chi connectivity index (χ0v) is 13.4. The molecule has 0 aliphatic heterocycles. The number of hydrogen-bond donors (Lipinski definition) is 1. The minimum Gasteiger partial charge on any atom is -0.479 e. The van der Waals surface area contributed by atoms with Crippen LogP contribution in [0.3, 0.4) is 0 Å². The van der Waals surface area contributed by atoms with E-state index in [0.717, 1.165) is 22.9 Å². The summed E-state index contributed by atoms with van der Waals surface area (Å²) in [4.78, 5) is 11.4. The van der Waals surface area contributed by atoms with Gasteiger partial charge in [-0.3, -0.25) is 0 Å². The van der Waals surface area contributed by atoms with Gasteiger partial charge in [0.1, 0.15) is 11.4 Å². The zero-order valence-electron chi connectivity index (χ0n) is 11.0. The molecule has 0 radical (unpaired) electrons. The molecule has 1 aliphatic rings. The van der Waals surface area contributed by atoms with Crippen LogP contribution in [0.1, 0.15) is 19.3 Å². The first-order chi connectivity index (χ1) is 10.1. The summed E-state index contributed by atoms with van der Waals surface area (Å²) < 4.78 is 10.5. The van der Waals surface area contributed by atoms with Crippen LogP contribution in [0.25, 0.3) is 11.3 Å². The van der Waals surface area contributed by atoms with Crippen molar-refractivity contribution >= 4 is 33.4 Å². The molecule has 2 aromatic rings. The van der Waals surface area contributed by atoms with Gasteiger partial charge in [0.2, 0.25) is 0 Å². The standard InChI is InChI=1S/C14H13BrN2O3S/c15-9-3-4-12(10(6-9)11-7-21-17-16-11)20-13(14(18)19)5-8-1-2-8/h3-4,6-8,13H,1-2,5H2,(H,18,19). The molecule has 1 aromatic heterocycles. The topological polar surface area (TPSA) is 72.3 Å². The molecule has 1 aromatic carbocycles. The highest BCUT2D eigenvalue weighted by Crippen LogP contribution is 2.37. The highest BCUT2D eigenvalue weighted by molar-refractivity contribution is 9.10. The molecule has 1 unspecified atom stereocenters. The van der Waals surface area contributed by atoms with E-state index >= 15 is 0 Å². The van der Waals surface area contributed by atoms with Gasteiger partial charge in [0.15, 0.2) is 6.10 Å². The molecule has 1 heterocycles. The van der Waals surface area contributed by atoms with E-state index in [9.17, 15) is 9.90 Å². The third-order valence-corrected chi connectivity index (χ3v) is 4.36. The van der Waals surface area contributed by atoms with Crippen molar-refractivity contribution in [2.45, 2.75) is 25.4 Å². The van der Waals surface area contributed by atoms with Gasteiger partial charge < -0.3 is 9.84 Å². The Kier molecular flexibility index (Phi) is 4.21. The monoisotopic (exact) mass is 368 g/mol. The van der Waals surface area contributed by atoms with Gasteiger partial charge in [-0.1, -0.05) is 33.3 Å². The maximum Gasteiger partial charge on any atom is 0.344 e. The molecule has 0 saturated heterocycles. The van der Waals surface area contributed by atoms with Crippen LogP contribution in [-0.2, 0) is 4.79 Å². The lowest BCUT2D eigenvalue weighted by Gasteiger charge is -2.17. The minimum atomic E-state index is -0.924. The van der Waals surface area contributed by atoms with Crippen molar-refractivity contribution in [3.05, 3.63) is 28.1 Å². The van der Waals surface area contributed by atoms with Crippen LogP contribution in [-0.4, -0.2) is 26.8 Å². The average Bonchev–Trinajstić information content (AvgIpc) is 3.10. The number of rotatable bonds is 6. The Morgan fingerprint density at radius 3 is 2.95 bits per heavy atom. The second kappa shape index (κ2) is 6.11. The Morgan fingerprint density at radius 1 is 1.52 bits per heavy atom. The van der Waals surface area contributed by atoms with Crippen LogP contribution in [0.4, 0.5) is 0 Å². The number of ether oxygens (including phenoxy) is 1. The highest BCUT2D eigenvalue weighted by Gasteiger charge is 2.31. The maximum atomic E-state index is 11.4. The number of benzene rings is 1. The second-order valence-electron chi connectivity index (χ2n) is 5.05. The Bertz CT molecular complexity index is 644. The van der Waals surface area contributed by atoms with E-state index in [0.29, 0.717) is 23.8 Å². The third-order valence-electron chi connectivity index (χ3n) is 3.37. The van der Waals surface area contributed by atoms with Crippen molar-refractivity contribution < 1.29 is 14.6 Å². The summed E-state index contributed by atoms with van der Waals surface area (Å²) in [6.07, 6.45) is 1.93. The molecular weight excluding hydrogens is 356 g/mol. The number of aromatic nitrogens is 2. The first-order valence-corrected chi connectivity index (χ1v) is 8.23. The molecule has 21 heavy (non-hydrogen) atoms. The zero-order chi connectivity index (χ0) is 14.8. The van der Waals surface area contributed by atoms with Crippen LogP contribution < -0.4 is 4.74 Å².